The van der Waals surface area contributed by atoms with Crippen LogP contribution >= 0.6 is 0 Å². The number of nitrogens with one attached hydrogen (secondary N) is 1. The van der Waals surface area contributed by atoms with Gasteiger partial charge in [-0.25, -0.2) is 0 Å². The Balaban J connectivity index is 1.91. The lowest BCUT2D eigenvalue weighted by Gasteiger charge is -2.34. The van der Waals surface area contributed by atoms with Crippen molar-refractivity contribution in [2.75, 3.05) is 26.2 Å². The van der Waals surface area contributed by atoms with Crippen LogP contribution in [0, 0.1) is 11.8 Å². The maximum Gasteiger partial charge on any atom is 0.308 e. The van der Waals surface area contributed by atoms with E-state index in [0.717, 1.165) is 38.9 Å². The molecule has 2 rings (SSSR count). The van der Waals surface area contributed by atoms with Gasteiger partial charge in [0.25, 0.3) is 0 Å². The van der Waals surface area contributed by atoms with Crippen LogP contribution in [0.2, 0.25) is 0 Å². The number of amides is 1. The lowest BCUT2D eigenvalue weighted by atomic mass is 9.94. The number of piperidine rings is 2. The summed E-state index contributed by atoms with van der Waals surface area (Å²) in [6.07, 6.45) is 3.47. The van der Waals surface area contributed by atoms with Crippen LogP contribution in [0.5, 0.6) is 0 Å². The molecule has 0 bridgehead atoms. The average Bonchev–Trinajstić information content (AvgIpc) is 2.39. The Morgan fingerprint density at radius 3 is 2.59 bits per heavy atom. The molecule has 5 heteroatoms. The second-order valence-electron chi connectivity index (χ2n) is 5.00. The number of hydrogen-bond donors (Lipinski definition) is 2. The molecule has 2 fully saturated rings. The predicted molar refractivity (Wildman–Crippen MR) is 62.5 cm³/mol. The van der Waals surface area contributed by atoms with Gasteiger partial charge in [-0.15, -0.1) is 0 Å². The lowest BCUT2D eigenvalue weighted by Crippen LogP contribution is -2.48. The van der Waals surface area contributed by atoms with Crippen molar-refractivity contribution in [2.45, 2.75) is 25.7 Å². The summed E-state index contributed by atoms with van der Waals surface area (Å²) < 4.78 is 0. The van der Waals surface area contributed by atoms with E-state index in [1.54, 1.807) is 4.90 Å². The molecule has 5 nitrogen and oxygen atoms in total. The van der Waals surface area contributed by atoms with Gasteiger partial charge in [0.2, 0.25) is 5.91 Å². The highest BCUT2D eigenvalue weighted by atomic mass is 16.4. The molecule has 0 aliphatic carbocycles. The molecular formula is C12H20N2O3. The third-order valence-electron chi connectivity index (χ3n) is 3.73. The smallest absolute Gasteiger partial charge is 0.308 e. The van der Waals surface area contributed by atoms with Gasteiger partial charge in [0.15, 0.2) is 0 Å². The van der Waals surface area contributed by atoms with Gasteiger partial charge in [-0.05, 0) is 32.2 Å². The molecule has 0 unspecified atom stereocenters. The van der Waals surface area contributed by atoms with Crippen molar-refractivity contribution in [3.05, 3.63) is 0 Å². The maximum absolute atomic E-state index is 12.2. The standard InChI is InChI=1S/C12H20N2O3/c15-11(9-3-1-5-13-7-9)14-6-2-4-10(8-14)12(16)17/h9-10,13H,1-8H2,(H,16,17)/t9-,10+/m0/s1. The molecule has 2 N–H and O–H groups in total. The van der Waals surface area contributed by atoms with E-state index in [4.69, 9.17) is 5.11 Å². The molecule has 1 amide bonds. The first-order valence-corrected chi connectivity index (χ1v) is 6.41. The Labute approximate surface area is 101 Å². The number of carbonyl (C=O) groups excluding carboxylic acids is 1. The van der Waals surface area contributed by atoms with Gasteiger partial charge >= 0.3 is 5.97 Å². The Morgan fingerprint density at radius 2 is 1.94 bits per heavy atom. The van der Waals surface area contributed by atoms with Gasteiger partial charge in [0.05, 0.1) is 11.8 Å². The van der Waals surface area contributed by atoms with E-state index in [0.29, 0.717) is 13.0 Å². The van der Waals surface area contributed by atoms with Gasteiger partial charge < -0.3 is 15.3 Å². The van der Waals surface area contributed by atoms with Crippen LogP contribution in [0.25, 0.3) is 0 Å². The minimum Gasteiger partial charge on any atom is -0.481 e. The predicted octanol–water partition coefficient (Wildman–Crippen LogP) is 0.309. The maximum atomic E-state index is 12.2. The summed E-state index contributed by atoms with van der Waals surface area (Å²) in [5.74, 6) is -0.951. The van der Waals surface area contributed by atoms with E-state index >= 15 is 0 Å². The number of carboxylic acid groups (broad SMARTS) is 1. The minimum atomic E-state index is -0.774. The number of aliphatic carboxylic acids is 1. The van der Waals surface area contributed by atoms with Crippen LogP contribution < -0.4 is 5.32 Å². The Bertz CT molecular complexity index is 300. The summed E-state index contributed by atoms with van der Waals surface area (Å²) >= 11 is 0. The lowest BCUT2D eigenvalue weighted by molar-refractivity contribution is -0.147. The van der Waals surface area contributed by atoms with Crippen LogP contribution in [-0.2, 0) is 9.59 Å². The average molecular weight is 240 g/mol. The van der Waals surface area contributed by atoms with Crippen molar-refractivity contribution in [1.29, 1.82) is 0 Å². The van der Waals surface area contributed by atoms with Crippen molar-refractivity contribution >= 4 is 11.9 Å². The third-order valence-corrected chi connectivity index (χ3v) is 3.73. The molecule has 0 aromatic heterocycles. The van der Waals surface area contributed by atoms with Crippen molar-refractivity contribution in [3.63, 3.8) is 0 Å². The number of hydrogen-bond acceptors (Lipinski definition) is 3. The summed E-state index contributed by atoms with van der Waals surface area (Å²) in [7, 11) is 0. The number of carbonyl (C=O) groups is 2. The highest BCUT2D eigenvalue weighted by Crippen LogP contribution is 2.20. The number of likely N-dealkylation sites (tertiary alicyclic amines) is 1. The van der Waals surface area contributed by atoms with Crippen molar-refractivity contribution in [1.82, 2.24) is 10.2 Å². The van der Waals surface area contributed by atoms with Crippen LogP contribution in [0.4, 0.5) is 0 Å². The molecule has 2 atom stereocenters. The fourth-order valence-corrected chi connectivity index (χ4v) is 2.70. The Kier molecular flexibility index (Phi) is 3.99. The second kappa shape index (κ2) is 5.49. The molecule has 96 valence electrons. The molecule has 0 radical (unpaired) electrons. The zero-order valence-electron chi connectivity index (χ0n) is 10.0. The summed E-state index contributed by atoms with van der Waals surface area (Å²) in [5, 5.41) is 12.2. The normalized spacial score (nSPS) is 30.0. The van der Waals surface area contributed by atoms with E-state index in [1.165, 1.54) is 0 Å². The molecule has 2 heterocycles. The fraction of sp³-hybridized carbons (Fsp3) is 0.833. The van der Waals surface area contributed by atoms with Crippen LogP contribution in [0.3, 0.4) is 0 Å². The molecule has 2 aliphatic rings. The molecule has 0 aromatic rings. The third kappa shape index (κ3) is 2.97. The van der Waals surface area contributed by atoms with Crippen molar-refractivity contribution < 1.29 is 14.7 Å². The minimum absolute atomic E-state index is 0.0521. The van der Waals surface area contributed by atoms with E-state index < -0.39 is 5.97 Å². The molecule has 0 aromatic carbocycles. The van der Waals surface area contributed by atoms with Gasteiger partial charge in [-0.2, -0.15) is 0 Å². The molecule has 2 aliphatic heterocycles. The monoisotopic (exact) mass is 240 g/mol. The van der Waals surface area contributed by atoms with Gasteiger partial charge in [-0.1, -0.05) is 0 Å². The molecule has 0 spiro atoms. The van der Waals surface area contributed by atoms with Crippen LogP contribution in [-0.4, -0.2) is 48.1 Å². The van der Waals surface area contributed by atoms with Crippen LogP contribution in [0.15, 0.2) is 0 Å². The molecule has 0 saturated carbocycles. The molecular weight excluding hydrogens is 220 g/mol. The fourth-order valence-electron chi connectivity index (χ4n) is 2.70. The number of rotatable bonds is 2. The largest absolute Gasteiger partial charge is 0.481 e. The van der Waals surface area contributed by atoms with E-state index in [2.05, 4.69) is 5.32 Å². The van der Waals surface area contributed by atoms with E-state index in [9.17, 15) is 9.59 Å². The first-order valence-electron chi connectivity index (χ1n) is 6.41. The molecule has 2 saturated heterocycles. The van der Waals surface area contributed by atoms with E-state index in [-0.39, 0.29) is 17.7 Å². The Hall–Kier alpha value is -1.10. The molecule has 17 heavy (non-hydrogen) atoms. The van der Waals surface area contributed by atoms with Crippen LogP contribution in [0.1, 0.15) is 25.7 Å². The zero-order chi connectivity index (χ0) is 12.3. The topological polar surface area (TPSA) is 69.6 Å². The van der Waals surface area contributed by atoms with Crippen molar-refractivity contribution in [3.8, 4) is 0 Å². The van der Waals surface area contributed by atoms with Gasteiger partial charge in [-0.3, -0.25) is 9.59 Å². The summed E-state index contributed by atoms with van der Waals surface area (Å²) in [6.45, 7) is 2.85. The quantitative estimate of drug-likeness (QED) is 0.729. The zero-order valence-corrected chi connectivity index (χ0v) is 10.0. The first kappa shape index (κ1) is 12.4. The summed E-state index contributed by atoms with van der Waals surface area (Å²) in [6, 6.07) is 0. The number of carboxylic acids is 1. The van der Waals surface area contributed by atoms with E-state index in [1.807, 2.05) is 0 Å². The van der Waals surface area contributed by atoms with Gasteiger partial charge in [0, 0.05) is 19.6 Å². The van der Waals surface area contributed by atoms with Crippen molar-refractivity contribution in [2.24, 2.45) is 11.8 Å². The second-order valence-corrected chi connectivity index (χ2v) is 5.00. The summed E-state index contributed by atoms with van der Waals surface area (Å²) in [4.78, 5) is 24.9. The van der Waals surface area contributed by atoms with Gasteiger partial charge in [0.1, 0.15) is 0 Å². The highest BCUT2D eigenvalue weighted by molar-refractivity contribution is 5.80. The Morgan fingerprint density at radius 1 is 1.18 bits per heavy atom. The summed E-state index contributed by atoms with van der Waals surface area (Å²) in [5.41, 5.74) is 0. The SMILES string of the molecule is O=C(O)[C@@H]1CCCN(C(=O)[C@H]2CCCNC2)C1. The highest BCUT2D eigenvalue weighted by Gasteiger charge is 2.32. The number of nitrogens with zero attached hydrogens (tertiary/aromatic N) is 1. The first-order chi connectivity index (χ1) is 8.18.